The van der Waals surface area contributed by atoms with Gasteiger partial charge in [-0.2, -0.15) is 5.10 Å². The Bertz CT molecular complexity index is 1240. The van der Waals surface area contributed by atoms with Gasteiger partial charge in [-0.15, -0.1) is 0 Å². The molecule has 9 nitrogen and oxygen atoms in total. The van der Waals surface area contributed by atoms with E-state index in [0.717, 1.165) is 5.56 Å². The standard InChI is InChI=1S/C22H19F2N5O4S/c1-13-9-17(20(23)24)27-22(26-13)34-12-15-10-14(7-8-19(15)33-2)11-25-28-21(30)16-5-3-4-6-18(16)29(31)32/h3-11,20H,12H2,1-2H3,(H,28,30)/b25-11-. The van der Waals surface area contributed by atoms with Crippen molar-refractivity contribution in [3.63, 3.8) is 0 Å². The molecule has 0 spiro atoms. The number of nitro benzene ring substituents is 1. The summed E-state index contributed by atoms with van der Waals surface area (Å²) in [5, 5.41) is 15.2. The van der Waals surface area contributed by atoms with E-state index in [1.54, 1.807) is 25.1 Å². The van der Waals surface area contributed by atoms with Gasteiger partial charge < -0.3 is 4.74 Å². The molecular formula is C22H19F2N5O4S. The van der Waals surface area contributed by atoms with Crippen LogP contribution < -0.4 is 10.2 Å². The van der Waals surface area contributed by atoms with Crippen LogP contribution in [-0.2, 0) is 5.75 Å². The molecule has 3 rings (SSSR count). The minimum absolute atomic E-state index is 0.113. The van der Waals surface area contributed by atoms with Crippen molar-refractivity contribution in [1.29, 1.82) is 0 Å². The van der Waals surface area contributed by atoms with Gasteiger partial charge in [-0.3, -0.25) is 14.9 Å². The van der Waals surface area contributed by atoms with Gasteiger partial charge in [0, 0.05) is 23.1 Å². The maximum absolute atomic E-state index is 13.0. The number of ether oxygens (including phenoxy) is 1. The number of nitrogens with one attached hydrogen (secondary N) is 1. The SMILES string of the molecule is COc1ccc(/C=N\NC(=O)c2ccccc2[N+](=O)[O-])cc1CSc1nc(C)cc(C(F)F)n1. The summed E-state index contributed by atoms with van der Waals surface area (Å²) in [4.78, 5) is 30.8. The second-order valence-electron chi connectivity index (χ2n) is 6.85. The van der Waals surface area contributed by atoms with E-state index in [4.69, 9.17) is 4.74 Å². The largest absolute Gasteiger partial charge is 0.496 e. The quantitative estimate of drug-likeness (QED) is 0.153. The number of nitrogens with zero attached hydrogens (tertiary/aromatic N) is 4. The second-order valence-corrected chi connectivity index (χ2v) is 7.79. The molecule has 0 bridgehead atoms. The number of para-hydroxylation sites is 1. The average molecular weight is 487 g/mol. The maximum Gasteiger partial charge on any atom is 0.282 e. The van der Waals surface area contributed by atoms with Crippen LogP contribution in [0.3, 0.4) is 0 Å². The van der Waals surface area contributed by atoms with E-state index in [9.17, 15) is 23.7 Å². The Hall–Kier alpha value is -3.93. The number of hydrogen-bond donors (Lipinski definition) is 1. The van der Waals surface area contributed by atoms with Crippen LogP contribution in [0.4, 0.5) is 14.5 Å². The van der Waals surface area contributed by atoms with Crippen LogP contribution in [0.25, 0.3) is 0 Å². The highest BCUT2D eigenvalue weighted by atomic mass is 32.2. The van der Waals surface area contributed by atoms with Gasteiger partial charge in [-0.05, 0) is 42.8 Å². The Balaban J connectivity index is 1.72. The molecule has 0 radical (unpaired) electrons. The number of carbonyl (C=O) groups excluding carboxylic acids is 1. The maximum atomic E-state index is 13.0. The third kappa shape index (κ3) is 6.32. The number of hydrazone groups is 1. The van der Waals surface area contributed by atoms with Gasteiger partial charge in [0.15, 0.2) is 5.16 Å². The average Bonchev–Trinajstić information content (AvgIpc) is 2.82. The van der Waals surface area contributed by atoms with Gasteiger partial charge >= 0.3 is 0 Å². The molecule has 1 amide bonds. The molecule has 1 aromatic heterocycles. The molecule has 0 atom stereocenters. The number of halogens is 2. The first-order valence-corrected chi connectivity index (χ1v) is 10.8. The van der Waals surface area contributed by atoms with Crippen molar-refractivity contribution in [3.05, 3.63) is 86.7 Å². The Labute approximate surface area is 197 Å². The smallest absolute Gasteiger partial charge is 0.282 e. The molecule has 0 aliphatic rings. The number of amides is 1. The lowest BCUT2D eigenvalue weighted by molar-refractivity contribution is -0.385. The number of carbonyl (C=O) groups is 1. The van der Waals surface area contributed by atoms with Crippen LogP contribution >= 0.6 is 11.8 Å². The Morgan fingerprint density at radius 3 is 2.74 bits per heavy atom. The fourth-order valence-electron chi connectivity index (χ4n) is 2.93. The van der Waals surface area contributed by atoms with Gasteiger partial charge in [0.2, 0.25) is 0 Å². The lowest BCUT2D eigenvalue weighted by Crippen LogP contribution is -2.18. The topological polar surface area (TPSA) is 120 Å². The number of aryl methyl sites for hydroxylation is 1. The van der Waals surface area contributed by atoms with E-state index < -0.39 is 17.3 Å². The van der Waals surface area contributed by atoms with Crippen molar-refractivity contribution >= 4 is 29.6 Å². The van der Waals surface area contributed by atoms with Gasteiger partial charge in [0.05, 0.1) is 18.2 Å². The van der Waals surface area contributed by atoms with Crippen molar-refractivity contribution in [3.8, 4) is 5.75 Å². The highest BCUT2D eigenvalue weighted by Gasteiger charge is 2.18. The molecule has 34 heavy (non-hydrogen) atoms. The third-order valence-corrected chi connectivity index (χ3v) is 5.36. The zero-order valence-electron chi connectivity index (χ0n) is 18.1. The number of aromatic nitrogens is 2. The van der Waals surface area contributed by atoms with Crippen LogP contribution in [0, 0.1) is 17.0 Å². The van der Waals surface area contributed by atoms with E-state index in [-0.39, 0.29) is 22.1 Å². The summed E-state index contributed by atoms with van der Waals surface area (Å²) in [5.74, 6) is 0.175. The summed E-state index contributed by atoms with van der Waals surface area (Å²) >= 11 is 1.17. The van der Waals surface area contributed by atoms with E-state index in [1.807, 2.05) is 0 Å². The molecule has 3 aromatic rings. The fourth-order valence-corrected chi connectivity index (χ4v) is 3.81. The van der Waals surface area contributed by atoms with E-state index in [0.29, 0.717) is 22.8 Å². The third-order valence-electron chi connectivity index (χ3n) is 4.46. The number of benzene rings is 2. The van der Waals surface area contributed by atoms with Crippen molar-refractivity contribution < 1.29 is 23.2 Å². The molecule has 0 aliphatic heterocycles. The molecule has 0 saturated heterocycles. The lowest BCUT2D eigenvalue weighted by Gasteiger charge is -2.10. The molecule has 0 saturated carbocycles. The Morgan fingerprint density at radius 1 is 1.26 bits per heavy atom. The highest BCUT2D eigenvalue weighted by molar-refractivity contribution is 7.98. The van der Waals surface area contributed by atoms with Crippen LogP contribution in [0.15, 0.2) is 58.8 Å². The van der Waals surface area contributed by atoms with Crippen LogP contribution in [0.2, 0.25) is 0 Å². The first kappa shape index (κ1) is 24.7. The summed E-state index contributed by atoms with van der Waals surface area (Å²) in [6.07, 6.45) is -1.32. The van der Waals surface area contributed by atoms with Crippen LogP contribution in [0.1, 0.15) is 39.3 Å². The molecule has 176 valence electrons. The van der Waals surface area contributed by atoms with Crippen molar-refractivity contribution in [2.75, 3.05) is 7.11 Å². The molecule has 0 aliphatic carbocycles. The van der Waals surface area contributed by atoms with Crippen LogP contribution in [0.5, 0.6) is 5.75 Å². The van der Waals surface area contributed by atoms with Gasteiger partial charge in [0.25, 0.3) is 18.0 Å². The van der Waals surface area contributed by atoms with E-state index in [2.05, 4.69) is 20.5 Å². The summed E-state index contributed by atoms with van der Waals surface area (Å²) in [5.41, 5.74) is 3.27. The fraction of sp³-hybridized carbons (Fsp3) is 0.182. The van der Waals surface area contributed by atoms with Crippen molar-refractivity contribution in [2.24, 2.45) is 5.10 Å². The number of nitro groups is 1. The highest BCUT2D eigenvalue weighted by Crippen LogP contribution is 2.28. The first-order chi connectivity index (χ1) is 16.3. The van der Waals surface area contributed by atoms with E-state index in [1.165, 1.54) is 55.4 Å². The first-order valence-electron chi connectivity index (χ1n) is 9.78. The molecule has 12 heteroatoms. The molecule has 2 aromatic carbocycles. The predicted molar refractivity (Wildman–Crippen MR) is 122 cm³/mol. The molecule has 0 unspecified atom stereocenters. The van der Waals surface area contributed by atoms with Gasteiger partial charge in [-0.25, -0.2) is 24.2 Å². The molecule has 0 fully saturated rings. The predicted octanol–water partition coefficient (Wildman–Crippen LogP) is 4.70. The van der Waals surface area contributed by atoms with Crippen molar-refractivity contribution in [1.82, 2.24) is 15.4 Å². The molecular weight excluding hydrogens is 468 g/mol. The number of rotatable bonds is 9. The summed E-state index contributed by atoms with van der Waals surface area (Å²) in [7, 11) is 1.50. The number of thioether (sulfide) groups is 1. The summed E-state index contributed by atoms with van der Waals surface area (Å²) in [6, 6.07) is 11.9. The monoisotopic (exact) mass is 487 g/mol. The zero-order valence-corrected chi connectivity index (χ0v) is 18.9. The second kappa shape index (κ2) is 11.3. The molecule has 1 heterocycles. The Kier molecular flexibility index (Phi) is 8.19. The van der Waals surface area contributed by atoms with Gasteiger partial charge in [-0.1, -0.05) is 23.9 Å². The van der Waals surface area contributed by atoms with Crippen molar-refractivity contribution in [2.45, 2.75) is 24.3 Å². The lowest BCUT2D eigenvalue weighted by atomic mass is 10.1. The normalized spacial score (nSPS) is 11.1. The number of methoxy groups -OCH3 is 1. The minimum atomic E-state index is -2.69. The summed E-state index contributed by atoms with van der Waals surface area (Å²) < 4.78 is 31.4. The minimum Gasteiger partial charge on any atom is -0.496 e. The molecule has 1 N–H and O–H groups in total. The number of alkyl halides is 2. The van der Waals surface area contributed by atoms with E-state index >= 15 is 0 Å². The Morgan fingerprint density at radius 2 is 2.03 bits per heavy atom. The van der Waals surface area contributed by atoms with Gasteiger partial charge in [0.1, 0.15) is 17.0 Å². The summed E-state index contributed by atoms with van der Waals surface area (Å²) in [6.45, 7) is 1.62. The van der Waals surface area contributed by atoms with Crippen LogP contribution in [-0.4, -0.2) is 34.1 Å². The number of hydrogen-bond acceptors (Lipinski definition) is 8. The zero-order chi connectivity index (χ0) is 24.7.